The Bertz CT molecular complexity index is 422. The molecule has 0 aromatic carbocycles. The van der Waals surface area contributed by atoms with Crippen LogP contribution in [-0.4, -0.2) is 28.7 Å². The highest BCUT2D eigenvalue weighted by Crippen LogP contribution is 2.31. The molecule has 8 heteroatoms. The van der Waals surface area contributed by atoms with Gasteiger partial charge in [-0.2, -0.15) is 18.4 Å². The number of aromatic nitrogens is 3. The summed E-state index contributed by atoms with van der Waals surface area (Å²) in [5, 5.41) is 15.3. The highest BCUT2D eigenvalue weighted by atomic mass is 19.4. The molecule has 0 amide bonds. The Morgan fingerprint density at radius 2 is 2.11 bits per heavy atom. The third kappa shape index (κ3) is 3.70. The number of nitriles is 1. The molecule has 0 radical (unpaired) electrons. The molecule has 0 saturated heterocycles. The molecular formula is C10H13F3N4O. The van der Waals surface area contributed by atoms with E-state index < -0.39 is 18.3 Å². The fourth-order valence-corrected chi connectivity index (χ4v) is 1.52. The first-order valence-electron chi connectivity index (χ1n) is 5.36. The van der Waals surface area contributed by atoms with E-state index in [1.54, 1.807) is 6.07 Å². The van der Waals surface area contributed by atoms with Crippen LogP contribution in [0.15, 0.2) is 0 Å². The summed E-state index contributed by atoms with van der Waals surface area (Å²) in [5.74, 6) is 0. The summed E-state index contributed by atoms with van der Waals surface area (Å²) >= 11 is 0. The number of methoxy groups -OCH3 is 1. The van der Waals surface area contributed by atoms with Crippen LogP contribution in [0.25, 0.3) is 0 Å². The second kappa shape index (κ2) is 6.35. The molecule has 1 aromatic heterocycles. The van der Waals surface area contributed by atoms with Gasteiger partial charge in [0.1, 0.15) is 5.69 Å². The van der Waals surface area contributed by atoms with Crippen LogP contribution in [0.5, 0.6) is 0 Å². The molecule has 0 spiro atoms. The Kier molecular flexibility index (Phi) is 5.09. The molecule has 0 aliphatic rings. The van der Waals surface area contributed by atoms with Crippen molar-refractivity contribution in [2.45, 2.75) is 32.0 Å². The number of alkyl halides is 3. The van der Waals surface area contributed by atoms with Crippen LogP contribution in [0.2, 0.25) is 0 Å². The number of unbranched alkanes of at least 4 members (excludes halogenated alkanes) is 1. The fourth-order valence-electron chi connectivity index (χ4n) is 1.52. The van der Waals surface area contributed by atoms with Crippen LogP contribution in [0, 0.1) is 11.3 Å². The van der Waals surface area contributed by atoms with Crippen LogP contribution in [0.4, 0.5) is 13.2 Å². The molecule has 18 heavy (non-hydrogen) atoms. The van der Waals surface area contributed by atoms with Crippen molar-refractivity contribution in [3.8, 4) is 6.07 Å². The predicted octanol–water partition coefficient (Wildman–Crippen LogP) is 1.79. The maximum atomic E-state index is 12.8. The van der Waals surface area contributed by atoms with E-state index in [4.69, 9.17) is 10.00 Å². The van der Waals surface area contributed by atoms with E-state index >= 15 is 0 Å². The SMILES string of the molecule is COCCCCn1nnc(CC#N)c1C(F)(F)F. The van der Waals surface area contributed by atoms with Crippen molar-refractivity contribution in [3.63, 3.8) is 0 Å². The Morgan fingerprint density at radius 1 is 1.39 bits per heavy atom. The van der Waals surface area contributed by atoms with Crippen molar-refractivity contribution in [1.29, 1.82) is 5.26 Å². The van der Waals surface area contributed by atoms with E-state index in [-0.39, 0.29) is 12.2 Å². The number of rotatable bonds is 6. The predicted molar refractivity (Wildman–Crippen MR) is 55.5 cm³/mol. The molecule has 1 aromatic rings. The van der Waals surface area contributed by atoms with Gasteiger partial charge >= 0.3 is 6.18 Å². The Hall–Kier alpha value is -1.62. The van der Waals surface area contributed by atoms with E-state index in [1.165, 1.54) is 7.11 Å². The minimum atomic E-state index is -4.54. The molecule has 0 atom stereocenters. The highest BCUT2D eigenvalue weighted by Gasteiger charge is 2.38. The second-order valence-electron chi connectivity index (χ2n) is 3.64. The van der Waals surface area contributed by atoms with Gasteiger partial charge in [-0.25, -0.2) is 4.68 Å². The smallest absolute Gasteiger partial charge is 0.385 e. The number of hydrogen-bond donors (Lipinski definition) is 0. The van der Waals surface area contributed by atoms with Crippen molar-refractivity contribution in [3.05, 3.63) is 11.4 Å². The zero-order valence-corrected chi connectivity index (χ0v) is 9.87. The van der Waals surface area contributed by atoms with Crippen LogP contribution in [-0.2, 0) is 23.9 Å². The van der Waals surface area contributed by atoms with Crippen molar-refractivity contribution < 1.29 is 17.9 Å². The fraction of sp³-hybridized carbons (Fsp3) is 0.700. The first-order chi connectivity index (χ1) is 8.50. The Balaban J connectivity index is 2.82. The van der Waals surface area contributed by atoms with E-state index in [1.807, 2.05) is 0 Å². The first-order valence-corrected chi connectivity index (χ1v) is 5.36. The van der Waals surface area contributed by atoms with Gasteiger partial charge in [0, 0.05) is 20.3 Å². The number of halogens is 3. The molecule has 0 fully saturated rings. The molecule has 5 nitrogen and oxygen atoms in total. The molecule has 0 N–H and O–H groups in total. The standard InChI is InChI=1S/C10H13F3N4O/c1-18-7-3-2-6-17-9(10(11,12)13)8(4-5-14)15-16-17/h2-4,6-7H2,1H3. The maximum Gasteiger partial charge on any atom is 0.434 e. The van der Waals surface area contributed by atoms with Gasteiger partial charge in [0.2, 0.25) is 0 Å². The quantitative estimate of drug-likeness (QED) is 0.733. The minimum absolute atomic E-state index is 0.108. The van der Waals surface area contributed by atoms with Gasteiger partial charge in [0.15, 0.2) is 5.69 Å². The number of nitrogens with zero attached hydrogens (tertiary/aromatic N) is 4. The van der Waals surface area contributed by atoms with Crippen molar-refractivity contribution in [2.75, 3.05) is 13.7 Å². The maximum absolute atomic E-state index is 12.8. The van der Waals surface area contributed by atoms with E-state index in [0.717, 1.165) is 4.68 Å². The van der Waals surface area contributed by atoms with Crippen LogP contribution >= 0.6 is 0 Å². The second-order valence-corrected chi connectivity index (χ2v) is 3.64. The van der Waals surface area contributed by atoms with Crippen molar-refractivity contribution in [1.82, 2.24) is 15.0 Å². The molecule has 100 valence electrons. The monoisotopic (exact) mass is 262 g/mol. The largest absolute Gasteiger partial charge is 0.434 e. The van der Waals surface area contributed by atoms with Gasteiger partial charge in [-0.15, -0.1) is 5.10 Å². The molecular weight excluding hydrogens is 249 g/mol. The number of ether oxygens (including phenoxy) is 1. The van der Waals surface area contributed by atoms with Crippen LogP contribution in [0.3, 0.4) is 0 Å². The number of hydrogen-bond acceptors (Lipinski definition) is 4. The molecule has 0 aliphatic carbocycles. The van der Waals surface area contributed by atoms with Gasteiger partial charge in [-0.3, -0.25) is 0 Å². The average molecular weight is 262 g/mol. The molecule has 1 rings (SSSR count). The van der Waals surface area contributed by atoms with Crippen molar-refractivity contribution in [2.24, 2.45) is 0 Å². The van der Waals surface area contributed by atoms with Crippen molar-refractivity contribution >= 4 is 0 Å². The summed E-state index contributed by atoms with van der Waals surface area (Å²) in [6.45, 7) is 0.595. The zero-order chi connectivity index (χ0) is 13.6. The molecule has 0 aliphatic heterocycles. The third-order valence-corrected chi connectivity index (χ3v) is 2.29. The lowest BCUT2D eigenvalue weighted by Gasteiger charge is -2.10. The first kappa shape index (κ1) is 14.4. The van der Waals surface area contributed by atoms with Crippen LogP contribution in [0.1, 0.15) is 24.2 Å². The summed E-state index contributed by atoms with van der Waals surface area (Å²) in [5.41, 5.74) is -1.25. The molecule has 1 heterocycles. The Labute approximate surface area is 102 Å². The molecule has 0 saturated carbocycles. The van der Waals surface area contributed by atoms with Crippen LogP contribution < -0.4 is 0 Å². The van der Waals surface area contributed by atoms with Gasteiger partial charge < -0.3 is 4.74 Å². The molecule has 0 unspecified atom stereocenters. The summed E-state index contributed by atoms with van der Waals surface area (Å²) in [4.78, 5) is 0. The van der Waals surface area contributed by atoms with Gasteiger partial charge in [0.25, 0.3) is 0 Å². The lowest BCUT2D eigenvalue weighted by Crippen LogP contribution is -2.17. The lowest BCUT2D eigenvalue weighted by atomic mass is 10.2. The third-order valence-electron chi connectivity index (χ3n) is 2.29. The Morgan fingerprint density at radius 3 is 2.67 bits per heavy atom. The van der Waals surface area contributed by atoms with Gasteiger partial charge in [-0.1, -0.05) is 5.21 Å². The topological polar surface area (TPSA) is 63.7 Å². The summed E-state index contributed by atoms with van der Waals surface area (Å²) < 4.78 is 44.0. The minimum Gasteiger partial charge on any atom is -0.385 e. The summed E-state index contributed by atoms with van der Waals surface area (Å²) in [7, 11) is 1.53. The normalized spacial score (nSPS) is 11.5. The number of aryl methyl sites for hydroxylation is 1. The summed E-state index contributed by atoms with van der Waals surface area (Å²) in [6, 6.07) is 1.65. The average Bonchev–Trinajstić information content (AvgIpc) is 2.68. The summed E-state index contributed by atoms with van der Waals surface area (Å²) in [6.07, 6.45) is -3.79. The highest BCUT2D eigenvalue weighted by molar-refractivity contribution is 5.17. The lowest BCUT2D eigenvalue weighted by molar-refractivity contribution is -0.144. The van der Waals surface area contributed by atoms with Gasteiger partial charge in [0.05, 0.1) is 12.5 Å². The van der Waals surface area contributed by atoms with Gasteiger partial charge in [-0.05, 0) is 12.8 Å². The zero-order valence-electron chi connectivity index (χ0n) is 9.87. The van der Waals surface area contributed by atoms with E-state index in [2.05, 4.69) is 10.3 Å². The molecule has 0 bridgehead atoms. The van der Waals surface area contributed by atoms with E-state index in [9.17, 15) is 13.2 Å². The van der Waals surface area contributed by atoms with E-state index in [0.29, 0.717) is 19.4 Å².